The number of alkyl halides is 3. The van der Waals surface area contributed by atoms with Crippen LogP contribution < -0.4 is 0 Å². The molecule has 1 aliphatic rings. The van der Waals surface area contributed by atoms with Gasteiger partial charge in [-0.3, -0.25) is 0 Å². The Morgan fingerprint density at radius 1 is 0.962 bits per heavy atom. The number of hydrogen-bond acceptors (Lipinski definition) is 6. The summed E-state index contributed by atoms with van der Waals surface area (Å²) in [6.07, 6.45) is -2.45. The Hall–Kier alpha value is -2.13. The van der Waals surface area contributed by atoms with Gasteiger partial charge in [-0.25, -0.2) is 9.59 Å². The van der Waals surface area contributed by atoms with Crippen molar-refractivity contribution in [2.45, 2.75) is 6.18 Å². The van der Waals surface area contributed by atoms with Gasteiger partial charge in [-0.05, 0) is 11.6 Å². The Labute approximate surface area is 156 Å². The molecule has 1 aliphatic heterocycles. The quantitative estimate of drug-likeness (QED) is 0.691. The lowest BCUT2D eigenvalue weighted by Crippen LogP contribution is -2.11. The Kier molecular flexibility index (Phi) is 6.60. The molecule has 0 atom stereocenters. The molecule has 0 bridgehead atoms. The van der Waals surface area contributed by atoms with E-state index in [1.165, 1.54) is 6.08 Å². The SMILES string of the molecule is COC(=O)C1=C(C(=O)OC)SC(=C(/C=C/c2ccccc2)C(F)(F)F)S1. The van der Waals surface area contributed by atoms with E-state index in [1.807, 2.05) is 0 Å². The first kappa shape index (κ1) is 20.2. The summed E-state index contributed by atoms with van der Waals surface area (Å²) in [4.78, 5) is 23.1. The van der Waals surface area contributed by atoms with Crippen molar-refractivity contribution in [1.82, 2.24) is 0 Å². The molecule has 2 rings (SSSR count). The van der Waals surface area contributed by atoms with Crippen molar-refractivity contribution < 1.29 is 32.2 Å². The first-order chi connectivity index (χ1) is 12.3. The summed E-state index contributed by atoms with van der Waals surface area (Å²) in [5, 5.41) is 0. The molecule has 0 radical (unpaired) electrons. The van der Waals surface area contributed by atoms with Crippen LogP contribution in [-0.4, -0.2) is 32.3 Å². The van der Waals surface area contributed by atoms with E-state index < -0.39 is 23.7 Å². The van der Waals surface area contributed by atoms with Crippen LogP contribution in [0.2, 0.25) is 0 Å². The van der Waals surface area contributed by atoms with Crippen molar-refractivity contribution in [2.75, 3.05) is 14.2 Å². The molecule has 0 saturated carbocycles. The average molecular weight is 402 g/mol. The molecule has 0 saturated heterocycles. The highest BCUT2D eigenvalue weighted by Crippen LogP contribution is 2.53. The zero-order valence-electron chi connectivity index (χ0n) is 13.6. The second-order valence-corrected chi connectivity index (χ2v) is 7.09. The topological polar surface area (TPSA) is 52.6 Å². The summed E-state index contributed by atoms with van der Waals surface area (Å²) in [5.41, 5.74) is -0.381. The summed E-state index contributed by atoms with van der Waals surface area (Å²) in [6, 6.07) is 8.46. The fraction of sp³-hybridized carbons (Fsp3) is 0.176. The van der Waals surface area contributed by atoms with Gasteiger partial charge in [0.05, 0.1) is 24.0 Å². The summed E-state index contributed by atoms with van der Waals surface area (Å²) in [5.74, 6) is -1.79. The van der Waals surface area contributed by atoms with E-state index in [0.29, 0.717) is 29.1 Å². The van der Waals surface area contributed by atoms with Gasteiger partial charge in [-0.15, -0.1) is 0 Å². The van der Waals surface area contributed by atoms with E-state index in [9.17, 15) is 22.8 Å². The normalized spacial score (nSPS) is 14.7. The third-order valence-corrected chi connectivity index (χ3v) is 5.69. The van der Waals surface area contributed by atoms with E-state index >= 15 is 0 Å². The van der Waals surface area contributed by atoms with E-state index in [-0.39, 0.29) is 14.0 Å². The van der Waals surface area contributed by atoms with E-state index in [0.717, 1.165) is 20.3 Å². The van der Waals surface area contributed by atoms with Gasteiger partial charge in [0.1, 0.15) is 9.81 Å². The molecular weight excluding hydrogens is 389 g/mol. The van der Waals surface area contributed by atoms with Crippen LogP contribution in [0.25, 0.3) is 6.08 Å². The number of rotatable bonds is 4. The van der Waals surface area contributed by atoms with Crippen LogP contribution in [0.15, 0.2) is 56.0 Å². The third-order valence-electron chi connectivity index (χ3n) is 3.10. The average Bonchev–Trinajstić information content (AvgIpc) is 3.05. The highest BCUT2D eigenvalue weighted by molar-refractivity contribution is 8.29. The summed E-state index contributed by atoms with van der Waals surface area (Å²) >= 11 is 1.08. The maximum absolute atomic E-state index is 13.5. The lowest BCUT2D eigenvalue weighted by Gasteiger charge is -2.10. The van der Waals surface area contributed by atoms with E-state index in [1.54, 1.807) is 30.3 Å². The van der Waals surface area contributed by atoms with Crippen molar-refractivity contribution in [1.29, 1.82) is 0 Å². The van der Waals surface area contributed by atoms with Gasteiger partial charge in [-0.2, -0.15) is 13.2 Å². The summed E-state index contributed by atoms with van der Waals surface area (Å²) < 4.78 is 49.4. The Balaban J connectivity index is 2.45. The van der Waals surface area contributed by atoms with Crippen molar-refractivity contribution in [2.24, 2.45) is 0 Å². The zero-order chi connectivity index (χ0) is 19.3. The van der Waals surface area contributed by atoms with Crippen LogP contribution in [0.4, 0.5) is 13.2 Å². The van der Waals surface area contributed by atoms with Gasteiger partial charge in [0, 0.05) is 0 Å². The fourth-order valence-electron chi connectivity index (χ4n) is 1.88. The standard InChI is InChI=1S/C17H13F3O4S2/c1-23-14(21)12-13(15(22)24-2)26-16(25-12)11(17(18,19)20)9-8-10-6-4-3-5-7-10/h3-9H,1-2H3/b9-8+. The number of benzene rings is 1. The van der Waals surface area contributed by atoms with Crippen molar-refractivity contribution >= 4 is 41.5 Å². The summed E-state index contributed by atoms with van der Waals surface area (Å²) in [7, 11) is 2.16. The van der Waals surface area contributed by atoms with Gasteiger partial charge in [0.15, 0.2) is 0 Å². The highest BCUT2D eigenvalue weighted by atomic mass is 32.2. The number of carbonyl (C=O) groups excluding carboxylic acids is 2. The molecule has 0 fully saturated rings. The van der Waals surface area contributed by atoms with E-state index in [2.05, 4.69) is 9.47 Å². The smallest absolute Gasteiger partial charge is 0.418 e. The van der Waals surface area contributed by atoms with Crippen LogP contribution >= 0.6 is 23.5 Å². The van der Waals surface area contributed by atoms with Crippen molar-refractivity contribution in [3.05, 3.63) is 61.6 Å². The molecule has 0 N–H and O–H groups in total. The van der Waals surface area contributed by atoms with Gasteiger partial charge >= 0.3 is 18.1 Å². The third kappa shape index (κ3) is 4.73. The molecule has 138 valence electrons. The van der Waals surface area contributed by atoms with Crippen molar-refractivity contribution in [3.8, 4) is 0 Å². The number of halogens is 3. The monoisotopic (exact) mass is 402 g/mol. The molecular formula is C17H13F3O4S2. The van der Waals surface area contributed by atoms with Crippen LogP contribution in [0.1, 0.15) is 5.56 Å². The van der Waals surface area contributed by atoms with Gasteiger partial charge < -0.3 is 9.47 Å². The minimum atomic E-state index is -4.67. The van der Waals surface area contributed by atoms with E-state index in [4.69, 9.17) is 0 Å². The van der Waals surface area contributed by atoms with Crippen LogP contribution in [0, 0.1) is 0 Å². The van der Waals surface area contributed by atoms with Crippen LogP contribution in [-0.2, 0) is 19.1 Å². The van der Waals surface area contributed by atoms with Crippen LogP contribution in [0.3, 0.4) is 0 Å². The number of allylic oxidation sites excluding steroid dienone is 2. The van der Waals surface area contributed by atoms with Crippen LogP contribution in [0.5, 0.6) is 0 Å². The zero-order valence-corrected chi connectivity index (χ0v) is 15.3. The Bertz CT molecular complexity index is 766. The molecule has 0 aliphatic carbocycles. The maximum atomic E-state index is 13.5. The molecule has 26 heavy (non-hydrogen) atoms. The maximum Gasteiger partial charge on any atom is 0.418 e. The molecule has 1 aromatic carbocycles. The summed E-state index contributed by atoms with van der Waals surface area (Å²) in [6.45, 7) is 0. The van der Waals surface area contributed by atoms with Gasteiger partial charge in [-0.1, -0.05) is 59.9 Å². The van der Waals surface area contributed by atoms with Crippen molar-refractivity contribution in [3.63, 3.8) is 0 Å². The number of methoxy groups -OCH3 is 2. The predicted molar refractivity (Wildman–Crippen MR) is 94.8 cm³/mol. The minimum absolute atomic E-state index is 0.228. The highest BCUT2D eigenvalue weighted by Gasteiger charge is 2.40. The number of hydrogen-bond donors (Lipinski definition) is 0. The molecule has 0 amide bonds. The molecule has 9 heteroatoms. The molecule has 1 heterocycles. The first-order valence-electron chi connectivity index (χ1n) is 7.09. The molecule has 0 aromatic heterocycles. The number of carbonyl (C=O) groups is 2. The molecule has 1 aromatic rings. The second-order valence-electron chi connectivity index (χ2n) is 4.79. The molecule has 4 nitrogen and oxygen atoms in total. The Morgan fingerprint density at radius 3 is 1.88 bits per heavy atom. The largest absolute Gasteiger partial charge is 0.465 e. The first-order valence-corrected chi connectivity index (χ1v) is 8.72. The molecule has 0 unspecified atom stereocenters. The molecule has 0 spiro atoms. The fourth-order valence-corrected chi connectivity index (χ4v) is 4.45. The van der Waals surface area contributed by atoms with Gasteiger partial charge in [0.25, 0.3) is 0 Å². The van der Waals surface area contributed by atoms with Gasteiger partial charge in [0.2, 0.25) is 0 Å². The number of thioether (sulfide) groups is 2. The predicted octanol–water partition coefficient (Wildman–Crippen LogP) is 4.51. The minimum Gasteiger partial charge on any atom is -0.465 e. The number of ether oxygens (including phenoxy) is 2. The second kappa shape index (κ2) is 8.50. The number of esters is 2. The Morgan fingerprint density at radius 2 is 1.46 bits per heavy atom. The lowest BCUT2D eigenvalue weighted by molar-refractivity contribution is -0.138. The lowest BCUT2D eigenvalue weighted by atomic mass is 10.2.